The molecule has 0 amide bonds. The minimum absolute atomic E-state index is 0.0850. The number of hydrogen-bond acceptors (Lipinski definition) is 4. The first-order valence-electron chi connectivity index (χ1n) is 8.61. The van der Waals surface area contributed by atoms with Crippen molar-refractivity contribution in [3.63, 3.8) is 0 Å². The van der Waals surface area contributed by atoms with Crippen LogP contribution in [0.5, 0.6) is 0 Å². The van der Waals surface area contributed by atoms with Crippen molar-refractivity contribution >= 4 is 15.9 Å². The monoisotopic (exact) mass is 392 g/mol. The van der Waals surface area contributed by atoms with Crippen molar-refractivity contribution in [1.29, 1.82) is 0 Å². The summed E-state index contributed by atoms with van der Waals surface area (Å²) in [4.78, 5) is 10.2. The molecule has 5 nitrogen and oxygen atoms in total. The van der Waals surface area contributed by atoms with Gasteiger partial charge in [0, 0.05) is 17.6 Å². The van der Waals surface area contributed by atoms with Crippen LogP contribution in [0.2, 0.25) is 0 Å². The molecule has 3 N–H and O–H groups in total. The van der Waals surface area contributed by atoms with Gasteiger partial charge in [-0.05, 0) is 50.0 Å². The summed E-state index contributed by atoms with van der Waals surface area (Å²) in [6, 6.07) is 8.22. The molecular weight excluding hydrogens is 368 g/mol. The largest absolute Gasteiger partial charge is 0.393 e. The van der Waals surface area contributed by atoms with Gasteiger partial charge in [-0.25, -0.2) is 4.98 Å². The number of aliphatic hydroxyl groups excluding tert-OH is 1. The Morgan fingerprint density at radius 2 is 2.00 bits per heavy atom. The second-order valence-electron chi connectivity index (χ2n) is 6.35. The van der Waals surface area contributed by atoms with E-state index in [1.165, 1.54) is 0 Å². The lowest BCUT2D eigenvalue weighted by Crippen LogP contribution is -2.37. The van der Waals surface area contributed by atoms with E-state index in [2.05, 4.69) is 48.2 Å². The number of piperidine rings is 1. The van der Waals surface area contributed by atoms with Crippen molar-refractivity contribution < 1.29 is 5.11 Å². The summed E-state index contributed by atoms with van der Waals surface area (Å²) in [6.45, 7) is 4.89. The third kappa shape index (κ3) is 5.14. The summed E-state index contributed by atoms with van der Waals surface area (Å²) < 4.78 is 1.08. The molecule has 1 saturated heterocycles. The lowest BCUT2D eigenvalue weighted by molar-refractivity contribution is 0.0821. The zero-order valence-corrected chi connectivity index (χ0v) is 15.4. The van der Waals surface area contributed by atoms with E-state index in [4.69, 9.17) is 0 Å². The first-order chi connectivity index (χ1) is 11.7. The van der Waals surface area contributed by atoms with Crippen LogP contribution in [0.15, 0.2) is 34.9 Å². The molecule has 1 aliphatic heterocycles. The average Bonchev–Trinajstić information content (AvgIpc) is 3.06. The van der Waals surface area contributed by atoms with Crippen molar-refractivity contribution in [2.24, 2.45) is 0 Å². The fourth-order valence-corrected chi connectivity index (χ4v) is 3.27. The number of halogens is 1. The standard InChI is InChI=1S/C18H25BrN4O/c19-15-4-2-14(3-5-15)17-12-21-18(22-17)13-20-8-1-9-23-10-6-16(24)7-11-23/h2-5,12,16,20,24H,1,6-11,13H2,(H,21,22). The summed E-state index contributed by atoms with van der Waals surface area (Å²) in [5, 5.41) is 13.0. The van der Waals surface area contributed by atoms with E-state index in [1.807, 2.05) is 18.3 Å². The van der Waals surface area contributed by atoms with Crippen LogP contribution in [0.3, 0.4) is 0 Å². The maximum atomic E-state index is 9.51. The average molecular weight is 393 g/mol. The second kappa shape index (κ2) is 8.76. The Bertz CT molecular complexity index is 620. The summed E-state index contributed by atoms with van der Waals surface area (Å²) in [6.07, 6.45) is 4.76. The molecule has 3 rings (SSSR count). The predicted octanol–water partition coefficient (Wildman–Crippen LogP) is 2.78. The molecule has 0 atom stereocenters. The Hall–Kier alpha value is -1.21. The molecule has 0 spiro atoms. The summed E-state index contributed by atoms with van der Waals surface area (Å²) in [5.41, 5.74) is 2.19. The predicted molar refractivity (Wildman–Crippen MR) is 99.7 cm³/mol. The first-order valence-corrected chi connectivity index (χ1v) is 9.41. The second-order valence-corrected chi connectivity index (χ2v) is 7.27. The molecule has 130 valence electrons. The van der Waals surface area contributed by atoms with Crippen LogP contribution in [0, 0.1) is 0 Å². The smallest absolute Gasteiger partial charge is 0.120 e. The van der Waals surface area contributed by atoms with Crippen molar-refractivity contribution in [2.45, 2.75) is 31.9 Å². The molecule has 1 aliphatic rings. The molecule has 1 aromatic heterocycles. The summed E-state index contributed by atoms with van der Waals surface area (Å²) >= 11 is 3.45. The zero-order chi connectivity index (χ0) is 16.8. The van der Waals surface area contributed by atoms with Gasteiger partial charge in [-0.3, -0.25) is 0 Å². The van der Waals surface area contributed by atoms with Crippen LogP contribution < -0.4 is 5.32 Å². The number of aromatic nitrogens is 2. The molecule has 2 aromatic rings. The number of rotatable bonds is 7. The van der Waals surface area contributed by atoms with Gasteiger partial charge >= 0.3 is 0 Å². The van der Waals surface area contributed by atoms with Crippen LogP contribution in [-0.2, 0) is 6.54 Å². The Labute approximate surface area is 151 Å². The van der Waals surface area contributed by atoms with Gasteiger partial charge in [-0.15, -0.1) is 0 Å². The van der Waals surface area contributed by atoms with Gasteiger partial charge in [0.15, 0.2) is 0 Å². The SMILES string of the molecule is OC1CCN(CCCNCc2ncc(-c3ccc(Br)cc3)[nH]2)CC1. The minimum Gasteiger partial charge on any atom is -0.393 e. The Morgan fingerprint density at radius 1 is 1.25 bits per heavy atom. The fraction of sp³-hybridized carbons (Fsp3) is 0.500. The number of benzene rings is 1. The maximum Gasteiger partial charge on any atom is 0.120 e. The van der Waals surface area contributed by atoms with Gasteiger partial charge in [0.05, 0.1) is 24.5 Å². The summed E-state index contributed by atoms with van der Waals surface area (Å²) in [7, 11) is 0. The highest BCUT2D eigenvalue weighted by molar-refractivity contribution is 9.10. The van der Waals surface area contributed by atoms with Crippen LogP contribution in [-0.4, -0.2) is 52.3 Å². The number of hydrogen-bond donors (Lipinski definition) is 3. The number of nitrogens with zero attached hydrogens (tertiary/aromatic N) is 2. The van der Waals surface area contributed by atoms with E-state index < -0.39 is 0 Å². The number of likely N-dealkylation sites (tertiary alicyclic amines) is 1. The highest BCUT2D eigenvalue weighted by Gasteiger charge is 2.15. The van der Waals surface area contributed by atoms with Crippen LogP contribution in [0.4, 0.5) is 0 Å². The minimum atomic E-state index is -0.0850. The molecule has 0 saturated carbocycles. The highest BCUT2D eigenvalue weighted by Crippen LogP contribution is 2.19. The third-order valence-electron chi connectivity index (χ3n) is 4.46. The normalized spacial score (nSPS) is 16.6. The molecule has 0 bridgehead atoms. The molecular formula is C18H25BrN4O. The number of nitrogens with one attached hydrogen (secondary N) is 2. The number of imidazole rings is 1. The lowest BCUT2D eigenvalue weighted by Gasteiger charge is -2.29. The molecule has 0 aliphatic carbocycles. The van der Waals surface area contributed by atoms with Gasteiger partial charge in [-0.2, -0.15) is 0 Å². The number of H-pyrrole nitrogens is 1. The molecule has 0 unspecified atom stereocenters. The Balaban J connectivity index is 1.36. The highest BCUT2D eigenvalue weighted by atomic mass is 79.9. The molecule has 1 fully saturated rings. The van der Waals surface area contributed by atoms with Crippen LogP contribution >= 0.6 is 15.9 Å². The van der Waals surface area contributed by atoms with Gasteiger partial charge < -0.3 is 20.3 Å². The topological polar surface area (TPSA) is 64.2 Å². The number of aliphatic hydroxyl groups is 1. The van der Waals surface area contributed by atoms with Crippen molar-refractivity contribution in [3.05, 3.63) is 40.8 Å². The molecule has 24 heavy (non-hydrogen) atoms. The maximum absolute atomic E-state index is 9.51. The first kappa shape index (κ1) is 17.6. The zero-order valence-electron chi connectivity index (χ0n) is 13.8. The van der Waals surface area contributed by atoms with E-state index in [0.29, 0.717) is 0 Å². The lowest BCUT2D eigenvalue weighted by atomic mass is 10.1. The van der Waals surface area contributed by atoms with E-state index in [9.17, 15) is 5.11 Å². The summed E-state index contributed by atoms with van der Waals surface area (Å²) in [5.74, 6) is 0.967. The van der Waals surface area contributed by atoms with Crippen molar-refractivity contribution in [2.75, 3.05) is 26.2 Å². The van der Waals surface area contributed by atoms with E-state index in [-0.39, 0.29) is 6.10 Å². The van der Waals surface area contributed by atoms with E-state index in [0.717, 1.165) is 73.5 Å². The van der Waals surface area contributed by atoms with Crippen molar-refractivity contribution in [1.82, 2.24) is 20.2 Å². The molecule has 0 radical (unpaired) electrons. The van der Waals surface area contributed by atoms with Gasteiger partial charge in [0.2, 0.25) is 0 Å². The molecule has 1 aromatic carbocycles. The van der Waals surface area contributed by atoms with Crippen LogP contribution in [0.1, 0.15) is 25.1 Å². The Morgan fingerprint density at radius 3 is 2.75 bits per heavy atom. The number of aromatic amines is 1. The third-order valence-corrected chi connectivity index (χ3v) is 4.99. The fourth-order valence-electron chi connectivity index (χ4n) is 3.01. The molecule has 2 heterocycles. The van der Waals surface area contributed by atoms with Gasteiger partial charge in [-0.1, -0.05) is 28.1 Å². The molecule has 6 heteroatoms. The van der Waals surface area contributed by atoms with Crippen LogP contribution in [0.25, 0.3) is 11.3 Å². The van der Waals surface area contributed by atoms with E-state index in [1.54, 1.807) is 0 Å². The quantitative estimate of drug-likeness (QED) is 0.633. The van der Waals surface area contributed by atoms with E-state index >= 15 is 0 Å². The van der Waals surface area contributed by atoms with Crippen molar-refractivity contribution in [3.8, 4) is 11.3 Å². The van der Waals surface area contributed by atoms with Gasteiger partial charge in [0.25, 0.3) is 0 Å². The van der Waals surface area contributed by atoms with Gasteiger partial charge in [0.1, 0.15) is 5.82 Å². The Kier molecular flexibility index (Phi) is 6.43.